The molecule has 0 N–H and O–H groups in total. The van der Waals surface area contributed by atoms with Gasteiger partial charge in [0.2, 0.25) is 0 Å². The number of ether oxygens (including phenoxy) is 3. The van der Waals surface area contributed by atoms with Gasteiger partial charge in [-0.05, 0) is 25.2 Å². The first-order valence-electron chi connectivity index (χ1n) is 22.4. The molecule has 0 saturated heterocycles. The van der Waals surface area contributed by atoms with Crippen LogP contribution in [-0.2, 0) is 28.6 Å². The van der Waals surface area contributed by atoms with E-state index in [4.69, 9.17) is 14.2 Å². The summed E-state index contributed by atoms with van der Waals surface area (Å²) in [6, 6.07) is 0. The van der Waals surface area contributed by atoms with E-state index in [0.717, 1.165) is 63.7 Å². The fraction of sp³-hybridized carbons (Fsp3) is 0.933. The summed E-state index contributed by atoms with van der Waals surface area (Å²) in [5, 5.41) is 0. The molecule has 0 heterocycles. The molecule has 0 aromatic carbocycles. The molecule has 6 heteroatoms. The third-order valence-electron chi connectivity index (χ3n) is 10.0. The number of carbonyl (C=O) groups excluding carboxylic acids is 3. The van der Waals surface area contributed by atoms with E-state index in [1.54, 1.807) is 0 Å². The molecular weight excluding hydrogens is 636 g/mol. The molecule has 1 atom stereocenters. The first-order valence-corrected chi connectivity index (χ1v) is 22.4. The number of hydrogen-bond donors (Lipinski definition) is 0. The molecule has 51 heavy (non-hydrogen) atoms. The van der Waals surface area contributed by atoms with Crippen LogP contribution in [0.25, 0.3) is 0 Å². The second kappa shape index (κ2) is 39.6. The standard InChI is InChI=1S/C45H86O6/c1-5-7-9-11-13-15-17-18-20-25-29-33-37-44(47)50-40-42(39-49-43(46)36-32-28-24-19-16-14-12-10-8-6-2)51-45(48)38-34-30-26-22-21-23-27-31-35-41(3)4/h41-42H,5-40H2,1-4H3/t42-/m1/s1. The summed E-state index contributed by atoms with van der Waals surface area (Å²) in [7, 11) is 0. The Balaban J connectivity index is 4.33. The lowest BCUT2D eigenvalue weighted by atomic mass is 10.0. The fourth-order valence-electron chi connectivity index (χ4n) is 6.63. The smallest absolute Gasteiger partial charge is 0.306 e. The van der Waals surface area contributed by atoms with E-state index in [2.05, 4.69) is 27.7 Å². The maximum Gasteiger partial charge on any atom is 0.306 e. The summed E-state index contributed by atoms with van der Waals surface area (Å²) in [5.41, 5.74) is 0. The normalized spacial score (nSPS) is 11.9. The van der Waals surface area contributed by atoms with Crippen LogP contribution in [0.4, 0.5) is 0 Å². The lowest BCUT2D eigenvalue weighted by Gasteiger charge is -2.18. The van der Waals surface area contributed by atoms with Crippen LogP contribution in [0.3, 0.4) is 0 Å². The number of rotatable bonds is 40. The van der Waals surface area contributed by atoms with E-state index in [9.17, 15) is 14.4 Å². The minimum Gasteiger partial charge on any atom is -0.462 e. The fourth-order valence-corrected chi connectivity index (χ4v) is 6.63. The average molecular weight is 723 g/mol. The maximum absolute atomic E-state index is 12.7. The van der Waals surface area contributed by atoms with E-state index < -0.39 is 6.10 Å². The Morgan fingerprint density at radius 3 is 0.961 bits per heavy atom. The topological polar surface area (TPSA) is 78.9 Å². The van der Waals surface area contributed by atoms with Gasteiger partial charge in [-0.2, -0.15) is 0 Å². The molecule has 302 valence electrons. The molecule has 0 aliphatic heterocycles. The van der Waals surface area contributed by atoms with Gasteiger partial charge < -0.3 is 14.2 Å². The number of hydrogen-bond acceptors (Lipinski definition) is 6. The molecule has 0 aliphatic rings. The quantitative estimate of drug-likeness (QED) is 0.0356. The van der Waals surface area contributed by atoms with Crippen molar-refractivity contribution in [3.05, 3.63) is 0 Å². The van der Waals surface area contributed by atoms with E-state index in [1.165, 1.54) is 141 Å². The van der Waals surface area contributed by atoms with Crippen molar-refractivity contribution in [2.24, 2.45) is 5.92 Å². The Kier molecular flexibility index (Phi) is 38.4. The average Bonchev–Trinajstić information content (AvgIpc) is 3.11. The van der Waals surface area contributed by atoms with Gasteiger partial charge in [0.1, 0.15) is 13.2 Å². The highest BCUT2D eigenvalue weighted by Crippen LogP contribution is 2.16. The third-order valence-corrected chi connectivity index (χ3v) is 10.0. The maximum atomic E-state index is 12.7. The van der Waals surface area contributed by atoms with Crippen LogP contribution in [0.5, 0.6) is 0 Å². The van der Waals surface area contributed by atoms with E-state index >= 15 is 0 Å². The zero-order valence-corrected chi connectivity index (χ0v) is 34.6. The Morgan fingerprint density at radius 2 is 0.647 bits per heavy atom. The van der Waals surface area contributed by atoms with Crippen LogP contribution in [0, 0.1) is 5.92 Å². The molecule has 0 aromatic rings. The zero-order valence-electron chi connectivity index (χ0n) is 34.6. The summed E-state index contributed by atoms with van der Waals surface area (Å²) in [6.45, 7) is 8.94. The molecule has 0 unspecified atom stereocenters. The number of unbranched alkanes of at least 4 members (excludes halogenated alkanes) is 27. The van der Waals surface area contributed by atoms with Gasteiger partial charge in [-0.3, -0.25) is 14.4 Å². The van der Waals surface area contributed by atoms with Crippen LogP contribution in [0.15, 0.2) is 0 Å². The van der Waals surface area contributed by atoms with Gasteiger partial charge in [0, 0.05) is 19.3 Å². The molecule has 0 saturated carbocycles. The van der Waals surface area contributed by atoms with Gasteiger partial charge >= 0.3 is 17.9 Å². The first-order chi connectivity index (χ1) is 24.9. The molecular formula is C45H86O6. The Bertz CT molecular complexity index is 766. The molecule has 6 nitrogen and oxygen atoms in total. The Hall–Kier alpha value is -1.59. The van der Waals surface area contributed by atoms with Crippen molar-refractivity contribution in [2.45, 2.75) is 252 Å². The van der Waals surface area contributed by atoms with E-state index in [1.807, 2.05) is 0 Å². The third kappa shape index (κ3) is 39.5. The van der Waals surface area contributed by atoms with Gasteiger partial charge in [0.15, 0.2) is 6.10 Å². The lowest BCUT2D eigenvalue weighted by Crippen LogP contribution is -2.30. The van der Waals surface area contributed by atoms with Gasteiger partial charge in [-0.25, -0.2) is 0 Å². The summed E-state index contributed by atoms with van der Waals surface area (Å²) < 4.78 is 16.7. The van der Waals surface area contributed by atoms with Crippen molar-refractivity contribution in [3.8, 4) is 0 Å². The summed E-state index contributed by atoms with van der Waals surface area (Å²) in [4.78, 5) is 37.6. The predicted molar refractivity (Wildman–Crippen MR) is 215 cm³/mol. The largest absolute Gasteiger partial charge is 0.462 e. The molecule has 0 rings (SSSR count). The predicted octanol–water partition coefficient (Wildman–Crippen LogP) is 13.9. The molecule has 0 aliphatic carbocycles. The molecule has 0 spiro atoms. The van der Waals surface area contributed by atoms with Gasteiger partial charge in [0.05, 0.1) is 0 Å². The molecule has 0 amide bonds. The van der Waals surface area contributed by atoms with Crippen LogP contribution in [-0.4, -0.2) is 37.2 Å². The minimum absolute atomic E-state index is 0.0643. The highest BCUT2D eigenvalue weighted by Gasteiger charge is 2.19. The summed E-state index contributed by atoms with van der Waals surface area (Å²) in [5.74, 6) is -0.0648. The van der Waals surface area contributed by atoms with Crippen molar-refractivity contribution in [1.29, 1.82) is 0 Å². The Labute approximate surface area is 317 Å². The van der Waals surface area contributed by atoms with Crippen molar-refractivity contribution in [3.63, 3.8) is 0 Å². The molecule has 0 bridgehead atoms. The van der Waals surface area contributed by atoms with Crippen molar-refractivity contribution >= 4 is 17.9 Å². The SMILES string of the molecule is CCCCCCCCCCCCCCC(=O)OC[C@@H](COC(=O)CCCCCCCCCCCC)OC(=O)CCCCCCCCCCC(C)C. The van der Waals surface area contributed by atoms with Gasteiger partial charge in [-0.1, -0.05) is 207 Å². The van der Waals surface area contributed by atoms with Crippen molar-refractivity contribution in [1.82, 2.24) is 0 Å². The molecule has 0 aromatic heterocycles. The van der Waals surface area contributed by atoms with E-state index in [-0.39, 0.29) is 31.1 Å². The van der Waals surface area contributed by atoms with Crippen LogP contribution in [0.2, 0.25) is 0 Å². The molecule has 0 fully saturated rings. The van der Waals surface area contributed by atoms with Crippen LogP contribution in [0.1, 0.15) is 246 Å². The van der Waals surface area contributed by atoms with Gasteiger partial charge in [-0.15, -0.1) is 0 Å². The monoisotopic (exact) mass is 723 g/mol. The van der Waals surface area contributed by atoms with Crippen LogP contribution >= 0.6 is 0 Å². The zero-order chi connectivity index (χ0) is 37.5. The summed E-state index contributed by atoms with van der Waals surface area (Å²) in [6.07, 6.45) is 38.0. The minimum atomic E-state index is -0.758. The highest BCUT2D eigenvalue weighted by atomic mass is 16.6. The Morgan fingerprint density at radius 1 is 0.373 bits per heavy atom. The highest BCUT2D eigenvalue weighted by molar-refractivity contribution is 5.71. The van der Waals surface area contributed by atoms with Crippen LogP contribution < -0.4 is 0 Å². The van der Waals surface area contributed by atoms with E-state index in [0.29, 0.717) is 19.3 Å². The number of esters is 3. The second-order valence-corrected chi connectivity index (χ2v) is 15.8. The van der Waals surface area contributed by atoms with Crippen molar-refractivity contribution < 1.29 is 28.6 Å². The molecule has 0 radical (unpaired) electrons. The number of carbonyl (C=O) groups is 3. The van der Waals surface area contributed by atoms with Gasteiger partial charge in [0.25, 0.3) is 0 Å². The second-order valence-electron chi connectivity index (χ2n) is 15.8. The summed E-state index contributed by atoms with van der Waals surface area (Å²) >= 11 is 0. The lowest BCUT2D eigenvalue weighted by molar-refractivity contribution is -0.167. The van der Waals surface area contributed by atoms with Crippen molar-refractivity contribution in [2.75, 3.05) is 13.2 Å². The first kappa shape index (κ1) is 49.4.